The fraction of sp³-hybridized carbons (Fsp3) is 0.100. The third-order valence-corrected chi connectivity index (χ3v) is 2.57. The van der Waals surface area contributed by atoms with Crippen LogP contribution >= 0.6 is 27.5 Å². The molecule has 4 heteroatoms. The lowest BCUT2D eigenvalue weighted by atomic mass is 10.1. The number of rotatable bonds is 1. The lowest BCUT2D eigenvalue weighted by molar-refractivity contribution is 0.501. The number of hydrogen-bond acceptors (Lipinski definition) is 2. The van der Waals surface area contributed by atoms with Crippen LogP contribution < -0.4 is 0 Å². The van der Waals surface area contributed by atoms with Crippen molar-refractivity contribution >= 4 is 27.5 Å². The minimum Gasteiger partial charge on any atom is -0.436 e. The number of aryl methyl sites for hydroxylation is 1. The molecule has 1 aromatic carbocycles. The van der Waals surface area contributed by atoms with Crippen molar-refractivity contribution in [1.82, 2.24) is 4.98 Å². The number of oxazole rings is 1. The summed E-state index contributed by atoms with van der Waals surface area (Å²) in [5.41, 5.74) is 1.67. The molecule has 0 N–H and O–H groups in total. The summed E-state index contributed by atoms with van der Waals surface area (Å²) < 4.78 is 5.27. The number of aromatic nitrogens is 1. The van der Waals surface area contributed by atoms with E-state index < -0.39 is 0 Å². The highest BCUT2D eigenvalue weighted by molar-refractivity contribution is 9.10. The lowest BCUT2D eigenvalue weighted by Crippen LogP contribution is -1.81. The maximum absolute atomic E-state index is 6.04. The molecule has 14 heavy (non-hydrogen) atoms. The molecule has 0 amide bonds. The fourth-order valence-corrected chi connectivity index (χ4v) is 1.91. The number of hydrogen-bond donors (Lipinski definition) is 0. The highest BCUT2D eigenvalue weighted by atomic mass is 79.9. The molecule has 0 atom stereocenters. The Hall–Kier alpha value is -0.800. The van der Waals surface area contributed by atoms with Gasteiger partial charge in [0.25, 0.3) is 4.80 Å². The molecule has 0 unspecified atom stereocenters. The van der Waals surface area contributed by atoms with Crippen molar-refractivity contribution in [3.8, 4) is 11.3 Å². The van der Waals surface area contributed by atoms with E-state index in [2.05, 4.69) is 20.9 Å². The average molecular weight is 273 g/mol. The van der Waals surface area contributed by atoms with Gasteiger partial charge in [0.1, 0.15) is 11.5 Å². The molecule has 0 bridgehead atoms. The van der Waals surface area contributed by atoms with Crippen molar-refractivity contribution in [3.05, 3.63) is 39.8 Å². The molecule has 2 rings (SSSR count). The predicted octanol–water partition coefficient (Wildman–Crippen LogP) is 4.07. The first kappa shape index (κ1) is 9.74. The van der Waals surface area contributed by atoms with Gasteiger partial charge in [-0.2, -0.15) is 0 Å². The Labute approximate surface area is 95.0 Å². The standard InChI is InChI=1S/C10H7BrClNO/c1-6-9(13-10(11)14-6)7-4-2-3-5-8(7)12/h2-5H,1H3. The normalized spacial score (nSPS) is 10.5. The molecule has 1 aromatic heterocycles. The molecule has 0 saturated carbocycles. The molecule has 1 heterocycles. The van der Waals surface area contributed by atoms with Gasteiger partial charge in [-0.05, 0) is 13.0 Å². The van der Waals surface area contributed by atoms with Crippen LogP contribution in [0.15, 0.2) is 33.5 Å². The van der Waals surface area contributed by atoms with Crippen LogP contribution in [-0.4, -0.2) is 4.98 Å². The summed E-state index contributed by atoms with van der Waals surface area (Å²) in [5.74, 6) is 0.755. The zero-order valence-electron chi connectivity index (χ0n) is 7.42. The van der Waals surface area contributed by atoms with Gasteiger partial charge in [-0.25, -0.2) is 4.98 Å². The van der Waals surface area contributed by atoms with E-state index in [1.807, 2.05) is 31.2 Å². The van der Waals surface area contributed by atoms with Gasteiger partial charge in [0.05, 0.1) is 5.02 Å². The number of nitrogens with zero attached hydrogens (tertiary/aromatic N) is 1. The van der Waals surface area contributed by atoms with Crippen LogP contribution in [0.3, 0.4) is 0 Å². The Morgan fingerprint density at radius 3 is 2.64 bits per heavy atom. The van der Waals surface area contributed by atoms with Crippen LogP contribution in [0.4, 0.5) is 0 Å². The molecule has 0 spiro atoms. The molecule has 0 radical (unpaired) electrons. The van der Waals surface area contributed by atoms with Crippen LogP contribution in [0.1, 0.15) is 5.76 Å². The highest BCUT2D eigenvalue weighted by Gasteiger charge is 2.11. The number of benzene rings is 1. The average Bonchev–Trinajstić information content (AvgIpc) is 2.46. The lowest BCUT2D eigenvalue weighted by Gasteiger charge is -1.99. The summed E-state index contributed by atoms with van der Waals surface area (Å²) >= 11 is 9.23. The zero-order valence-corrected chi connectivity index (χ0v) is 9.76. The van der Waals surface area contributed by atoms with Crippen molar-refractivity contribution in [2.75, 3.05) is 0 Å². The third-order valence-electron chi connectivity index (χ3n) is 1.90. The van der Waals surface area contributed by atoms with Crippen LogP contribution in [0.5, 0.6) is 0 Å². The van der Waals surface area contributed by atoms with Gasteiger partial charge in [-0.1, -0.05) is 29.8 Å². The Bertz CT molecular complexity index is 467. The third kappa shape index (κ3) is 1.70. The monoisotopic (exact) mass is 271 g/mol. The van der Waals surface area contributed by atoms with Crippen molar-refractivity contribution < 1.29 is 4.42 Å². The van der Waals surface area contributed by atoms with Gasteiger partial charge < -0.3 is 4.42 Å². The van der Waals surface area contributed by atoms with E-state index >= 15 is 0 Å². The van der Waals surface area contributed by atoms with E-state index in [0.29, 0.717) is 9.82 Å². The zero-order chi connectivity index (χ0) is 10.1. The van der Waals surface area contributed by atoms with Crippen LogP contribution in [0.2, 0.25) is 5.02 Å². The molecule has 0 aliphatic carbocycles. The second-order valence-electron chi connectivity index (χ2n) is 2.85. The summed E-state index contributed by atoms with van der Waals surface area (Å²) in [5, 5.41) is 0.677. The van der Waals surface area contributed by atoms with Gasteiger partial charge >= 0.3 is 0 Å². The number of halogens is 2. The van der Waals surface area contributed by atoms with Crippen LogP contribution in [0.25, 0.3) is 11.3 Å². The minimum atomic E-state index is 0.477. The molecular weight excluding hydrogens is 265 g/mol. The molecule has 2 aromatic rings. The quantitative estimate of drug-likeness (QED) is 0.782. The Kier molecular flexibility index (Phi) is 2.61. The van der Waals surface area contributed by atoms with Gasteiger partial charge in [-0.3, -0.25) is 0 Å². The molecule has 72 valence electrons. The van der Waals surface area contributed by atoms with Crippen molar-refractivity contribution in [1.29, 1.82) is 0 Å². The summed E-state index contributed by atoms with van der Waals surface area (Å²) in [6.07, 6.45) is 0. The Balaban J connectivity index is 2.60. The van der Waals surface area contributed by atoms with Crippen LogP contribution in [-0.2, 0) is 0 Å². The molecule has 0 fully saturated rings. The topological polar surface area (TPSA) is 26.0 Å². The Morgan fingerprint density at radius 1 is 1.36 bits per heavy atom. The van der Waals surface area contributed by atoms with Gasteiger partial charge in [0.15, 0.2) is 0 Å². The molecule has 0 aliphatic rings. The summed E-state index contributed by atoms with van der Waals surface area (Å²) in [7, 11) is 0. The largest absolute Gasteiger partial charge is 0.436 e. The first-order chi connectivity index (χ1) is 6.68. The first-order valence-electron chi connectivity index (χ1n) is 4.06. The Morgan fingerprint density at radius 2 is 2.07 bits per heavy atom. The minimum absolute atomic E-state index is 0.477. The summed E-state index contributed by atoms with van der Waals surface area (Å²) in [6, 6.07) is 7.55. The van der Waals surface area contributed by atoms with E-state index in [9.17, 15) is 0 Å². The second-order valence-corrected chi connectivity index (χ2v) is 3.94. The predicted molar refractivity (Wildman–Crippen MR) is 59.4 cm³/mol. The van der Waals surface area contributed by atoms with Gasteiger partial charge in [-0.15, -0.1) is 0 Å². The molecular formula is C10H7BrClNO. The highest BCUT2D eigenvalue weighted by Crippen LogP contribution is 2.30. The van der Waals surface area contributed by atoms with Crippen LogP contribution in [0, 0.1) is 6.92 Å². The van der Waals surface area contributed by atoms with E-state index in [4.69, 9.17) is 16.0 Å². The second kappa shape index (κ2) is 3.75. The fourth-order valence-electron chi connectivity index (χ4n) is 1.27. The van der Waals surface area contributed by atoms with Gasteiger partial charge in [0.2, 0.25) is 0 Å². The summed E-state index contributed by atoms with van der Waals surface area (Å²) in [4.78, 5) is 4.68. The SMILES string of the molecule is Cc1oc(Br)nc1-c1ccccc1Cl. The maximum atomic E-state index is 6.04. The molecule has 2 nitrogen and oxygen atoms in total. The molecule has 0 aliphatic heterocycles. The van der Waals surface area contributed by atoms with Crippen molar-refractivity contribution in [2.24, 2.45) is 0 Å². The van der Waals surface area contributed by atoms with E-state index in [-0.39, 0.29) is 0 Å². The van der Waals surface area contributed by atoms with E-state index in [1.54, 1.807) is 0 Å². The maximum Gasteiger partial charge on any atom is 0.264 e. The smallest absolute Gasteiger partial charge is 0.264 e. The van der Waals surface area contributed by atoms with Crippen molar-refractivity contribution in [2.45, 2.75) is 6.92 Å². The first-order valence-corrected chi connectivity index (χ1v) is 5.23. The van der Waals surface area contributed by atoms with E-state index in [0.717, 1.165) is 17.0 Å². The van der Waals surface area contributed by atoms with Crippen molar-refractivity contribution in [3.63, 3.8) is 0 Å². The summed E-state index contributed by atoms with van der Waals surface area (Å²) in [6.45, 7) is 1.86. The van der Waals surface area contributed by atoms with E-state index in [1.165, 1.54) is 0 Å². The van der Waals surface area contributed by atoms with Gasteiger partial charge in [0, 0.05) is 21.5 Å². The molecule has 0 saturated heterocycles.